The molecule has 0 spiro atoms. The van der Waals surface area contributed by atoms with Gasteiger partial charge < -0.3 is 4.74 Å². The highest BCUT2D eigenvalue weighted by molar-refractivity contribution is 9.28. The molecule has 0 radical (unpaired) electrons. The monoisotopic (exact) mass is 304 g/mol. The molecule has 0 aliphatic heterocycles. The Morgan fingerprint density at radius 1 is 1.38 bits per heavy atom. The van der Waals surface area contributed by atoms with Gasteiger partial charge in [0, 0.05) is 5.56 Å². The third-order valence-corrected chi connectivity index (χ3v) is 2.22. The number of halogens is 2. The van der Waals surface area contributed by atoms with Crippen molar-refractivity contribution in [1.82, 2.24) is 0 Å². The average molecular weight is 306 g/mol. The van der Waals surface area contributed by atoms with Crippen LogP contribution in [0, 0.1) is 6.92 Å². The Labute approximate surface area is 95.1 Å². The van der Waals surface area contributed by atoms with E-state index in [1.54, 1.807) is 7.11 Å². The molecule has 0 aliphatic carbocycles. The first kappa shape index (κ1) is 10.8. The summed E-state index contributed by atoms with van der Waals surface area (Å²) in [6, 6.07) is 5.98. The fourth-order valence-electron chi connectivity index (χ4n) is 1.13. The van der Waals surface area contributed by atoms with E-state index in [1.807, 2.05) is 18.2 Å². The summed E-state index contributed by atoms with van der Waals surface area (Å²) in [4.78, 5) is 0. The molecule has 0 bridgehead atoms. The third kappa shape index (κ3) is 2.85. The smallest absolute Gasteiger partial charge is 0.126 e. The van der Waals surface area contributed by atoms with Gasteiger partial charge in [-0.2, -0.15) is 0 Å². The predicted octanol–water partition coefficient (Wildman–Crippen LogP) is 4.09. The predicted molar refractivity (Wildman–Crippen MR) is 63.6 cm³/mol. The minimum atomic E-state index is 0.886. The molecule has 0 aromatic heterocycles. The summed E-state index contributed by atoms with van der Waals surface area (Å²) in [6.07, 6.45) is 1.98. The second kappa shape index (κ2) is 4.82. The zero-order valence-corrected chi connectivity index (χ0v) is 10.6. The Kier molecular flexibility index (Phi) is 4.00. The second-order valence-electron chi connectivity index (χ2n) is 2.62. The van der Waals surface area contributed by atoms with E-state index in [0.29, 0.717) is 0 Å². The first-order valence-electron chi connectivity index (χ1n) is 3.81. The van der Waals surface area contributed by atoms with Crippen LogP contribution in [-0.4, -0.2) is 7.11 Å². The normalized spacial score (nSPS) is 9.54. The summed E-state index contributed by atoms with van der Waals surface area (Å²) in [7, 11) is 1.67. The molecular formula is C10H10Br2O. The van der Waals surface area contributed by atoms with Crippen molar-refractivity contribution in [2.45, 2.75) is 6.92 Å². The molecule has 0 heterocycles. The lowest BCUT2D eigenvalue weighted by Gasteiger charge is -2.07. The molecule has 70 valence electrons. The summed E-state index contributed by atoms with van der Waals surface area (Å²) in [5, 5.41) is 0. The van der Waals surface area contributed by atoms with Crippen molar-refractivity contribution in [3.8, 4) is 5.75 Å². The molecule has 1 aromatic carbocycles. The number of hydrogen-bond donors (Lipinski definition) is 0. The van der Waals surface area contributed by atoms with Gasteiger partial charge in [0.25, 0.3) is 0 Å². The Balaban J connectivity index is 3.23. The summed E-state index contributed by atoms with van der Waals surface area (Å²) in [5.74, 6) is 0.886. The van der Waals surface area contributed by atoms with E-state index in [0.717, 1.165) is 14.7 Å². The number of methoxy groups -OCH3 is 1. The quantitative estimate of drug-likeness (QED) is 0.799. The number of rotatable bonds is 2. The Hall–Kier alpha value is -0.280. The van der Waals surface area contributed by atoms with Gasteiger partial charge in [0.05, 0.1) is 10.5 Å². The topological polar surface area (TPSA) is 9.23 Å². The Bertz CT molecular complexity index is 328. The van der Waals surface area contributed by atoms with Crippen LogP contribution in [0.2, 0.25) is 0 Å². The fraction of sp³-hybridized carbons (Fsp3) is 0.200. The highest BCUT2D eigenvalue weighted by Gasteiger charge is 2.02. The molecule has 3 heteroatoms. The maximum atomic E-state index is 5.24. The molecule has 0 amide bonds. The van der Waals surface area contributed by atoms with Crippen molar-refractivity contribution in [1.29, 1.82) is 0 Å². The van der Waals surface area contributed by atoms with Gasteiger partial charge in [-0.25, -0.2) is 0 Å². The maximum absolute atomic E-state index is 5.24. The largest absolute Gasteiger partial charge is 0.496 e. The van der Waals surface area contributed by atoms with Gasteiger partial charge in [-0.1, -0.05) is 12.1 Å². The lowest BCUT2D eigenvalue weighted by atomic mass is 10.1. The highest BCUT2D eigenvalue weighted by atomic mass is 79.9. The van der Waals surface area contributed by atoms with Crippen molar-refractivity contribution >= 4 is 37.9 Å². The molecule has 13 heavy (non-hydrogen) atoms. The summed E-state index contributed by atoms with van der Waals surface area (Å²) in [6.45, 7) is 2.05. The van der Waals surface area contributed by atoms with Crippen LogP contribution < -0.4 is 4.74 Å². The molecule has 1 aromatic rings. The van der Waals surface area contributed by atoms with Crippen molar-refractivity contribution in [3.63, 3.8) is 0 Å². The molecule has 1 rings (SSSR count). The van der Waals surface area contributed by atoms with Crippen LogP contribution in [0.1, 0.15) is 11.1 Å². The van der Waals surface area contributed by atoms with E-state index in [-0.39, 0.29) is 0 Å². The number of benzene rings is 1. The van der Waals surface area contributed by atoms with Gasteiger partial charge in [-0.15, -0.1) is 0 Å². The van der Waals surface area contributed by atoms with Gasteiger partial charge in [0.1, 0.15) is 5.75 Å². The summed E-state index contributed by atoms with van der Waals surface area (Å²) < 4.78 is 6.15. The minimum Gasteiger partial charge on any atom is -0.496 e. The van der Waals surface area contributed by atoms with Gasteiger partial charge in [-0.3, -0.25) is 0 Å². The van der Waals surface area contributed by atoms with Crippen molar-refractivity contribution in [3.05, 3.63) is 32.7 Å². The molecular weight excluding hydrogens is 296 g/mol. The molecule has 0 saturated carbocycles. The summed E-state index contributed by atoms with van der Waals surface area (Å²) in [5.41, 5.74) is 2.28. The van der Waals surface area contributed by atoms with E-state index in [4.69, 9.17) is 4.74 Å². The van der Waals surface area contributed by atoms with Gasteiger partial charge in [0.2, 0.25) is 0 Å². The van der Waals surface area contributed by atoms with Gasteiger partial charge in [-0.05, 0) is 56.5 Å². The number of ether oxygens (including phenoxy) is 1. The Morgan fingerprint density at radius 3 is 2.62 bits per heavy atom. The maximum Gasteiger partial charge on any atom is 0.126 e. The van der Waals surface area contributed by atoms with Crippen LogP contribution in [0.15, 0.2) is 21.6 Å². The molecule has 0 aliphatic rings. The molecule has 0 saturated heterocycles. The molecule has 1 nitrogen and oxygen atoms in total. The Morgan fingerprint density at radius 2 is 2.08 bits per heavy atom. The van der Waals surface area contributed by atoms with E-state index in [2.05, 4.69) is 44.8 Å². The van der Waals surface area contributed by atoms with Crippen LogP contribution >= 0.6 is 31.9 Å². The fourth-order valence-corrected chi connectivity index (χ4v) is 1.58. The first-order chi connectivity index (χ1) is 6.15. The van der Waals surface area contributed by atoms with Gasteiger partial charge >= 0.3 is 0 Å². The SMILES string of the molecule is COc1cccc(C)c1C=C(Br)Br. The van der Waals surface area contributed by atoms with Crippen LogP contribution in [0.4, 0.5) is 0 Å². The van der Waals surface area contributed by atoms with Crippen LogP contribution in [0.5, 0.6) is 5.75 Å². The standard InChI is InChI=1S/C10H10Br2O/c1-7-4-3-5-9(13-2)8(7)6-10(11)12/h3-6H,1-2H3. The van der Waals surface area contributed by atoms with Crippen molar-refractivity contribution in [2.24, 2.45) is 0 Å². The van der Waals surface area contributed by atoms with Crippen molar-refractivity contribution in [2.75, 3.05) is 7.11 Å². The second-order valence-corrected chi connectivity index (χ2v) is 5.40. The zero-order valence-electron chi connectivity index (χ0n) is 7.47. The lowest BCUT2D eigenvalue weighted by molar-refractivity contribution is 0.413. The van der Waals surface area contributed by atoms with E-state index in [9.17, 15) is 0 Å². The molecule has 0 N–H and O–H groups in total. The molecule has 0 unspecified atom stereocenters. The van der Waals surface area contributed by atoms with Crippen molar-refractivity contribution < 1.29 is 4.74 Å². The highest BCUT2D eigenvalue weighted by Crippen LogP contribution is 2.27. The third-order valence-electron chi connectivity index (χ3n) is 1.76. The van der Waals surface area contributed by atoms with E-state index >= 15 is 0 Å². The minimum absolute atomic E-state index is 0.886. The van der Waals surface area contributed by atoms with Crippen LogP contribution in [0.3, 0.4) is 0 Å². The van der Waals surface area contributed by atoms with E-state index in [1.165, 1.54) is 5.56 Å². The van der Waals surface area contributed by atoms with Gasteiger partial charge in [0.15, 0.2) is 0 Å². The lowest BCUT2D eigenvalue weighted by Crippen LogP contribution is -1.89. The number of aryl methyl sites for hydroxylation is 1. The number of hydrogen-bond acceptors (Lipinski definition) is 1. The summed E-state index contributed by atoms with van der Waals surface area (Å²) >= 11 is 6.66. The average Bonchev–Trinajstić information content (AvgIpc) is 2.08. The van der Waals surface area contributed by atoms with Crippen LogP contribution in [0.25, 0.3) is 6.08 Å². The van der Waals surface area contributed by atoms with Crippen LogP contribution in [-0.2, 0) is 0 Å². The molecule has 0 atom stereocenters. The first-order valence-corrected chi connectivity index (χ1v) is 5.40. The zero-order chi connectivity index (χ0) is 9.84. The van der Waals surface area contributed by atoms with E-state index < -0.39 is 0 Å². The molecule has 0 fully saturated rings.